The van der Waals surface area contributed by atoms with Crippen LogP contribution in [0.5, 0.6) is 5.75 Å². The zero-order valence-electron chi connectivity index (χ0n) is 13.2. The van der Waals surface area contributed by atoms with Gasteiger partial charge < -0.3 is 14.8 Å². The summed E-state index contributed by atoms with van der Waals surface area (Å²) in [5.74, 6) is -0.451. The average Bonchev–Trinajstić information content (AvgIpc) is 2.58. The van der Waals surface area contributed by atoms with Crippen LogP contribution in [0.2, 0.25) is 5.02 Å². The Balaban J connectivity index is 1.83. The second-order valence-corrected chi connectivity index (χ2v) is 5.43. The van der Waals surface area contributed by atoms with Gasteiger partial charge in [-0.2, -0.15) is 0 Å². The van der Waals surface area contributed by atoms with E-state index in [-0.39, 0.29) is 6.61 Å². The van der Waals surface area contributed by atoms with Gasteiger partial charge >= 0.3 is 5.97 Å². The summed E-state index contributed by atoms with van der Waals surface area (Å²) in [4.78, 5) is 23.9. The first-order valence-electron chi connectivity index (χ1n) is 7.52. The van der Waals surface area contributed by atoms with Gasteiger partial charge in [-0.1, -0.05) is 42.8 Å². The van der Waals surface area contributed by atoms with Gasteiger partial charge in [0, 0.05) is 10.7 Å². The molecule has 0 saturated carbocycles. The molecular weight excluding hydrogens is 330 g/mol. The van der Waals surface area contributed by atoms with Gasteiger partial charge in [0.25, 0.3) is 5.91 Å². The van der Waals surface area contributed by atoms with E-state index in [9.17, 15) is 9.59 Å². The number of hydrogen-bond donors (Lipinski definition) is 1. The third-order valence-corrected chi connectivity index (χ3v) is 3.34. The molecule has 0 aromatic heterocycles. The summed E-state index contributed by atoms with van der Waals surface area (Å²) in [7, 11) is 0. The highest BCUT2D eigenvalue weighted by atomic mass is 35.5. The SMILES string of the molecule is CC[C@H](Oc1ccccc1)C(=O)OCC(=O)Nc1cccc(Cl)c1. The van der Waals surface area contributed by atoms with Crippen LogP contribution in [0.1, 0.15) is 13.3 Å². The molecule has 0 fully saturated rings. The van der Waals surface area contributed by atoms with Crippen molar-refractivity contribution in [1.29, 1.82) is 0 Å². The largest absolute Gasteiger partial charge is 0.479 e. The van der Waals surface area contributed by atoms with Gasteiger partial charge in [0.1, 0.15) is 5.75 Å². The number of anilines is 1. The Labute approximate surface area is 145 Å². The van der Waals surface area contributed by atoms with Crippen molar-refractivity contribution in [2.45, 2.75) is 19.4 Å². The standard InChI is InChI=1S/C18H18ClNO4/c1-2-16(24-15-9-4-3-5-10-15)18(22)23-12-17(21)20-14-8-6-7-13(19)11-14/h3-11,16H,2,12H2,1H3,(H,20,21)/t16-/m0/s1. The van der Waals surface area contributed by atoms with E-state index in [0.29, 0.717) is 22.9 Å². The Hall–Kier alpha value is -2.53. The summed E-state index contributed by atoms with van der Waals surface area (Å²) in [5.41, 5.74) is 0.538. The number of benzene rings is 2. The number of amides is 1. The number of esters is 1. The molecule has 1 N–H and O–H groups in total. The lowest BCUT2D eigenvalue weighted by atomic mass is 10.2. The summed E-state index contributed by atoms with van der Waals surface area (Å²) in [5, 5.41) is 3.11. The molecular formula is C18H18ClNO4. The molecule has 0 saturated heterocycles. The summed E-state index contributed by atoms with van der Waals surface area (Å²) in [6.45, 7) is 1.42. The van der Waals surface area contributed by atoms with E-state index in [0.717, 1.165) is 0 Å². The van der Waals surface area contributed by atoms with Crippen LogP contribution in [-0.4, -0.2) is 24.6 Å². The fourth-order valence-electron chi connectivity index (χ4n) is 1.95. The zero-order chi connectivity index (χ0) is 17.4. The molecule has 2 rings (SSSR count). The van der Waals surface area contributed by atoms with Gasteiger partial charge in [0.15, 0.2) is 12.7 Å². The molecule has 2 aromatic rings. The smallest absolute Gasteiger partial charge is 0.347 e. The Morgan fingerprint density at radius 2 is 1.88 bits per heavy atom. The number of carbonyl (C=O) groups is 2. The van der Waals surface area contributed by atoms with E-state index < -0.39 is 18.0 Å². The molecule has 0 aliphatic carbocycles. The molecule has 6 heteroatoms. The molecule has 5 nitrogen and oxygen atoms in total. The number of ether oxygens (including phenoxy) is 2. The van der Waals surface area contributed by atoms with Crippen molar-refractivity contribution in [3.8, 4) is 5.75 Å². The highest BCUT2D eigenvalue weighted by Crippen LogP contribution is 2.15. The third-order valence-electron chi connectivity index (χ3n) is 3.11. The van der Waals surface area contributed by atoms with Gasteiger partial charge in [-0.3, -0.25) is 4.79 Å². The first-order chi connectivity index (χ1) is 11.6. The Kier molecular flexibility index (Phi) is 6.63. The number of para-hydroxylation sites is 1. The zero-order valence-corrected chi connectivity index (χ0v) is 14.0. The topological polar surface area (TPSA) is 64.6 Å². The normalized spacial score (nSPS) is 11.4. The summed E-state index contributed by atoms with van der Waals surface area (Å²) in [6.07, 6.45) is -0.324. The van der Waals surface area contributed by atoms with E-state index in [1.165, 1.54) is 0 Å². The predicted molar refractivity (Wildman–Crippen MR) is 92.2 cm³/mol. The minimum atomic E-state index is -0.758. The second kappa shape index (κ2) is 8.93. The van der Waals surface area contributed by atoms with Gasteiger partial charge in [-0.25, -0.2) is 4.79 Å². The predicted octanol–water partition coefficient (Wildman–Crippen LogP) is 3.68. The van der Waals surface area contributed by atoms with Crippen molar-refractivity contribution in [3.05, 3.63) is 59.6 Å². The van der Waals surface area contributed by atoms with E-state index in [2.05, 4.69) is 5.32 Å². The number of halogens is 1. The maximum absolute atomic E-state index is 12.0. The third kappa shape index (κ3) is 5.59. The maximum Gasteiger partial charge on any atom is 0.347 e. The van der Waals surface area contributed by atoms with Crippen LogP contribution in [0.15, 0.2) is 54.6 Å². The Morgan fingerprint density at radius 1 is 1.12 bits per heavy atom. The number of nitrogens with one attached hydrogen (secondary N) is 1. The molecule has 1 atom stereocenters. The lowest BCUT2D eigenvalue weighted by Crippen LogP contribution is -2.31. The molecule has 0 unspecified atom stereocenters. The first-order valence-corrected chi connectivity index (χ1v) is 7.90. The molecule has 2 aromatic carbocycles. The van der Waals surface area contributed by atoms with Crippen molar-refractivity contribution in [2.24, 2.45) is 0 Å². The first kappa shape index (κ1) is 17.8. The highest BCUT2D eigenvalue weighted by Gasteiger charge is 2.21. The second-order valence-electron chi connectivity index (χ2n) is 4.99. The van der Waals surface area contributed by atoms with Crippen molar-refractivity contribution >= 4 is 29.2 Å². The molecule has 0 spiro atoms. The number of hydrogen-bond acceptors (Lipinski definition) is 4. The lowest BCUT2D eigenvalue weighted by molar-refractivity contribution is -0.154. The minimum Gasteiger partial charge on any atom is -0.479 e. The van der Waals surface area contributed by atoms with Crippen LogP contribution in [0.25, 0.3) is 0 Å². The monoisotopic (exact) mass is 347 g/mol. The Morgan fingerprint density at radius 3 is 2.54 bits per heavy atom. The van der Waals surface area contributed by atoms with E-state index in [4.69, 9.17) is 21.1 Å². The van der Waals surface area contributed by atoms with Gasteiger partial charge in [0.05, 0.1) is 0 Å². The average molecular weight is 348 g/mol. The van der Waals surface area contributed by atoms with E-state index in [1.807, 2.05) is 18.2 Å². The van der Waals surface area contributed by atoms with Crippen molar-refractivity contribution in [2.75, 3.05) is 11.9 Å². The molecule has 0 bridgehead atoms. The maximum atomic E-state index is 12.0. The summed E-state index contributed by atoms with van der Waals surface area (Å²) in [6, 6.07) is 15.7. The van der Waals surface area contributed by atoms with Gasteiger partial charge in [-0.05, 0) is 36.8 Å². The fourth-order valence-corrected chi connectivity index (χ4v) is 2.14. The van der Waals surface area contributed by atoms with Crippen LogP contribution in [0, 0.1) is 0 Å². The van der Waals surface area contributed by atoms with Crippen LogP contribution in [-0.2, 0) is 14.3 Å². The molecule has 0 radical (unpaired) electrons. The summed E-state index contributed by atoms with van der Waals surface area (Å²) < 4.78 is 10.6. The van der Waals surface area contributed by atoms with Crippen LogP contribution in [0.4, 0.5) is 5.69 Å². The van der Waals surface area contributed by atoms with Crippen LogP contribution >= 0.6 is 11.6 Å². The fraction of sp³-hybridized carbons (Fsp3) is 0.222. The van der Waals surface area contributed by atoms with Gasteiger partial charge in [0.2, 0.25) is 0 Å². The van der Waals surface area contributed by atoms with E-state index >= 15 is 0 Å². The number of carbonyl (C=O) groups excluding carboxylic acids is 2. The molecule has 0 heterocycles. The number of rotatable bonds is 7. The molecule has 126 valence electrons. The van der Waals surface area contributed by atoms with Crippen LogP contribution < -0.4 is 10.1 Å². The van der Waals surface area contributed by atoms with Gasteiger partial charge in [-0.15, -0.1) is 0 Å². The van der Waals surface area contributed by atoms with Crippen molar-refractivity contribution in [1.82, 2.24) is 0 Å². The van der Waals surface area contributed by atoms with Crippen molar-refractivity contribution < 1.29 is 19.1 Å². The highest BCUT2D eigenvalue weighted by molar-refractivity contribution is 6.30. The molecule has 24 heavy (non-hydrogen) atoms. The van der Waals surface area contributed by atoms with E-state index in [1.54, 1.807) is 43.3 Å². The lowest BCUT2D eigenvalue weighted by Gasteiger charge is -2.16. The molecule has 0 aliphatic rings. The molecule has 0 aliphatic heterocycles. The molecule has 1 amide bonds. The Bertz CT molecular complexity index is 690. The quantitative estimate of drug-likeness (QED) is 0.776. The van der Waals surface area contributed by atoms with Crippen molar-refractivity contribution in [3.63, 3.8) is 0 Å². The summed E-state index contributed by atoms with van der Waals surface area (Å²) >= 11 is 5.84. The van der Waals surface area contributed by atoms with Crippen LogP contribution in [0.3, 0.4) is 0 Å². The minimum absolute atomic E-state index is 0.389.